The molecular formula is C11H24O. The summed E-state index contributed by atoms with van der Waals surface area (Å²) in [6.45, 7) is 7.27. The molecule has 12 heavy (non-hydrogen) atoms. The normalized spacial score (nSPS) is 13.8. The Morgan fingerprint density at radius 1 is 0.917 bits per heavy atom. The molecule has 1 unspecified atom stereocenters. The van der Waals surface area contributed by atoms with Gasteiger partial charge in [0.1, 0.15) is 0 Å². The molecule has 1 atom stereocenters. The van der Waals surface area contributed by atoms with Crippen LogP contribution in [0.1, 0.15) is 52.9 Å². The maximum atomic E-state index is 8.56. The number of aliphatic hydroxyl groups is 1. The summed E-state index contributed by atoms with van der Waals surface area (Å²) in [7, 11) is 0. The van der Waals surface area contributed by atoms with Crippen molar-refractivity contribution in [3.8, 4) is 0 Å². The van der Waals surface area contributed by atoms with E-state index in [1.54, 1.807) is 0 Å². The van der Waals surface area contributed by atoms with Crippen molar-refractivity contribution in [3.05, 3.63) is 0 Å². The van der Waals surface area contributed by atoms with Crippen molar-refractivity contribution in [1.29, 1.82) is 0 Å². The van der Waals surface area contributed by atoms with Crippen LogP contribution in [0.2, 0.25) is 0 Å². The standard InChI is InChI=1S/C11H24O/c1-10(2)11(3)8-6-4-5-7-9-12/h10-12H,4-9H2,1-3H3. The summed E-state index contributed by atoms with van der Waals surface area (Å²) in [4.78, 5) is 0. The Bertz CT molecular complexity index is 89.0. The molecule has 0 aromatic rings. The third-order valence-electron chi connectivity index (χ3n) is 2.71. The van der Waals surface area contributed by atoms with Gasteiger partial charge in [0.25, 0.3) is 0 Å². The molecule has 1 nitrogen and oxygen atoms in total. The minimum atomic E-state index is 0.361. The van der Waals surface area contributed by atoms with Crippen molar-refractivity contribution in [1.82, 2.24) is 0 Å². The second-order valence-electron chi connectivity index (χ2n) is 4.15. The molecule has 1 heteroatoms. The van der Waals surface area contributed by atoms with Gasteiger partial charge >= 0.3 is 0 Å². The number of rotatable bonds is 7. The first-order valence-corrected chi connectivity index (χ1v) is 5.29. The second kappa shape index (κ2) is 7.60. The summed E-state index contributed by atoms with van der Waals surface area (Å²) in [5, 5.41) is 8.56. The smallest absolute Gasteiger partial charge is 0.0431 e. The van der Waals surface area contributed by atoms with E-state index in [9.17, 15) is 0 Å². The summed E-state index contributed by atoms with van der Waals surface area (Å²) in [6.07, 6.45) is 6.15. The lowest BCUT2D eigenvalue weighted by molar-refractivity contribution is 0.280. The average Bonchev–Trinajstić information content (AvgIpc) is 2.03. The van der Waals surface area contributed by atoms with E-state index in [4.69, 9.17) is 5.11 Å². The predicted octanol–water partition coefficient (Wildman–Crippen LogP) is 3.22. The minimum absolute atomic E-state index is 0.361. The summed E-state index contributed by atoms with van der Waals surface area (Å²) in [6, 6.07) is 0. The van der Waals surface area contributed by atoms with E-state index in [0.29, 0.717) is 6.61 Å². The van der Waals surface area contributed by atoms with E-state index >= 15 is 0 Å². The molecule has 0 amide bonds. The molecule has 0 aliphatic carbocycles. The Morgan fingerprint density at radius 3 is 2.00 bits per heavy atom. The zero-order chi connectivity index (χ0) is 9.40. The highest BCUT2D eigenvalue weighted by Gasteiger charge is 2.05. The molecule has 0 aliphatic rings. The topological polar surface area (TPSA) is 20.2 Å². The van der Waals surface area contributed by atoms with Crippen molar-refractivity contribution in [2.75, 3.05) is 6.61 Å². The van der Waals surface area contributed by atoms with Crippen LogP contribution in [0.5, 0.6) is 0 Å². The summed E-state index contributed by atoms with van der Waals surface area (Å²) < 4.78 is 0. The van der Waals surface area contributed by atoms with Crippen LogP contribution >= 0.6 is 0 Å². The molecule has 0 saturated carbocycles. The van der Waals surface area contributed by atoms with Crippen LogP contribution in [0.25, 0.3) is 0 Å². The fourth-order valence-corrected chi connectivity index (χ4v) is 1.27. The zero-order valence-corrected chi connectivity index (χ0v) is 8.84. The van der Waals surface area contributed by atoms with Crippen LogP contribution in [-0.4, -0.2) is 11.7 Å². The van der Waals surface area contributed by atoms with Crippen LogP contribution in [0.15, 0.2) is 0 Å². The second-order valence-corrected chi connectivity index (χ2v) is 4.15. The molecule has 0 spiro atoms. The number of hydrogen-bond acceptors (Lipinski definition) is 1. The van der Waals surface area contributed by atoms with Crippen molar-refractivity contribution < 1.29 is 5.11 Å². The van der Waals surface area contributed by atoms with Gasteiger partial charge < -0.3 is 5.11 Å². The molecule has 1 N–H and O–H groups in total. The van der Waals surface area contributed by atoms with E-state index in [1.807, 2.05) is 0 Å². The van der Waals surface area contributed by atoms with E-state index in [2.05, 4.69) is 20.8 Å². The van der Waals surface area contributed by atoms with Gasteiger partial charge in [0.05, 0.1) is 0 Å². The van der Waals surface area contributed by atoms with Crippen LogP contribution in [0.4, 0.5) is 0 Å². The number of hydrogen-bond donors (Lipinski definition) is 1. The molecule has 0 radical (unpaired) electrons. The summed E-state index contributed by atoms with van der Waals surface area (Å²) >= 11 is 0. The maximum Gasteiger partial charge on any atom is 0.0431 e. The van der Waals surface area contributed by atoms with Gasteiger partial charge in [0.2, 0.25) is 0 Å². The van der Waals surface area contributed by atoms with Crippen LogP contribution < -0.4 is 0 Å². The minimum Gasteiger partial charge on any atom is -0.396 e. The van der Waals surface area contributed by atoms with Gasteiger partial charge in [-0.3, -0.25) is 0 Å². The maximum absolute atomic E-state index is 8.56. The number of unbranched alkanes of at least 4 members (excludes halogenated alkanes) is 3. The van der Waals surface area contributed by atoms with E-state index < -0.39 is 0 Å². The molecule has 0 saturated heterocycles. The summed E-state index contributed by atoms with van der Waals surface area (Å²) in [5.74, 6) is 1.68. The van der Waals surface area contributed by atoms with Crippen molar-refractivity contribution in [2.24, 2.45) is 11.8 Å². The fourth-order valence-electron chi connectivity index (χ4n) is 1.27. The molecule has 0 aromatic heterocycles. The van der Waals surface area contributed by atoms with Gasteiger partial charge in [-0.2, -0.15) is 0 Å². The molecule has 0 aliphatic heterocycles. The first-order valence-electron chi connectivity index (χ1n) is 5.29. The van der Waals surface area contributed by atoms with E-state index in [0.717, 1.165) is 18.3 Å². The third kappa shape index (κ3) is 6.66. The molecule has 0 fully saturated rings. The fraction of sp³-hybridized carbons (Fsp3) is 1.00. The Balaban J connectivity index is 3.08. The monoisotopic (exact) mass is 172 g/mol. The molecule has 0 bridgehead atoms. The Hall–Kier alpha value is -0.0400. The number of aliphatic hydroxyl groups excluding tert-OH is 1. The van der Waals surface area contributed by atoms with Gasteiger partial charge in [0, 0.05) is 6.61 Å². The van der Waals surface area contributed by atoms with Crippen molar-refractivity contribution in [3.63, 3.8) is 0 Å². The molecule has 0 heterocycles. The lowest BCUT2D eigenvalue weighted by Crippen LogP contribution is -2.03. The lowest BCUT2D eigenvalue weighted by atomic mass is 9.92. The third-order valence-corrected chi connectivity index (χ3v) is 2.71. The first-order chi connectivity index (χ1) is 5.68. The lowest BCUT2D eigenvalue weighted by Gasteiger charge is -2.14. The highest BCUT2D eigenvalue weighted by atomic mass is 16.2. The predicted molar refractivity (Wildman–Crippen MR) is 54.2 cm³/mol. The van der Waals surface area contributed by atoms with Crippen molar-refractivity contribution in [2.45, 2.75) is 52.9 Å². The highest BCUT2D eigenvalue weighted by Crippen LogP contribution is 2.17. The Morgan fingerprint density at radius 2 is 1.50 bits per heavy atom. The van der Waals surface area contributed by atoms with E-state index in [-0.39, 0.29) is 0 Å². The average molecular weight is 172 g/mol. The SMILES string of the molecule is CC(C)C(C)CCCCCCO. The van der Waals surface area contributed by atoms with Crippen LogP contribution in [0.3, 0.4) is 0 Å². The van der Waals surface area contributed by atoms with Gasteiger partial charge in [-0.15, -0.1) is 0 Å². The largest absolute Gasteiger partial charge is 0.396 e. The molecular weight excluding hydrogens is 148 g/mol. The quantitative estimate of drug-likeness (QED) is 0.585. The zero-order valence-electron chi connectivity index (χ0n) is 8.84. The van der Waals surface area contributed by atoms with Crippen LogP contribution in [-0.2, 0) is 0 Å². The van der Waals surface area contributed by atoms with Crippen molar-refractivity contribution >= 4 is 0 Å². The van der Waals surface area contributed by atoms with Crippen LogP contribution in [0, 0.1) is 11.8 Å². The van der Waals surface area contributed by atoms with Gasteiger partial charge in [-0.25, -0.2) is 0 Å². The first kappa shape index (κ1) is 12.0. The Kier molecular flexibility index (Phi) is 7.58. The van der Waals surface area contributed by atoms with Gasteiger partial charge in [-0.05, 0) is 18.3 Å². The van der Waals surface area contributed by atoms with E-state index in [1.165, 1.54) is 25.7 Å². The van der Waals surface area contributed by atoms with Gasteiger partial charge in [0.15, 0.2) is 0 Å². The van der Waals surface area contributed by atoms with Gasteiger partial charge in [-0.1, -0.05) is 46.5 Å². The molecule has 74 valence electrons. The molecule has 0 rings (SSSR count). The summed E-state index contributed by atoms with van der Waals surface area (Å²) in [5.41, 5.74) is 0. The highest BCUT2D eigenvalue weighted by molar-refractivity contribution is 4.57. The molecule has 0 aromatic carbocycles. The Labute approximate surface area is 77.2 Å².